The summed E-state index contributed by atoms with van der Waals surface area (Å²) in [6, 6.07) is 5.23. The van der Waals surface area contributed by atoms with Gasteiger partial charge in [0, 0.05) is 16.6 Å². The molecule has 0 spiro atoms. The Bertz CT molecular complexity index is 459. The minimum atomic E-state index is -0.112. The molecule has 3 nitrogen and oxygen atoms in total. The predicted octanol–water partition coefficient (Wildman–Crippen LogP) is 3.17. The maximum Gasteiger partial charge on any atom is 0.224 e. The van der Waals surface area contributed by atoms with Gasteiger partial charge < -0.3 is 10.6 Å². The van der Waals surface area contributed by atoms with E-state index in [-0.39, 0.29) is 17.9 Å². The Morgan fingerprint density at radius 1 is 1.47 bits per heavy atom. The quantitative estimate of drug-likeness (QED) is 0.900. The van der Waals surface area contributed by atoms with Gasteiger partial charge in [-0.05, 0) is 44.0 Å². The van der Waals surface area contributed by atoms with Crippen molar-refractivity contribution in [3.8, 4) is 0 Å². The van der Waals surface area contributed by atoms with Crippen molar-refractivity contribution >= 4 is 29.1 Å². The van der Waals surface area contributed by atoms with E-state index in [1.165, 1.54) is 0 Å². The van der Waals surface area contributed by atoms with Crippen molar-refractivity contribution < 1.29 is 4.79 Å². The Morgan fingerprint density at radius 3 is 2.89 bits per heavy atom. The predicted molar refractivity (Wildman–Crippen MR) is 78.6 cm³/mol. The molecule has 1 aliphatic heterocycles. The number of piperidine rings is 1. The number of hydrogen-bond acceptors (Lipinski definition) is 2. The zero-order valence-corrected chi connectivity index (χ0v) is 12.4. The van der Waals surface area contributed by atoms with Crippen LogP contribution in [-0.4, -0.2) is 19.0 Å². The number of carbonyl (C=O) groups is 1. The summed E-state index contributed by atoms with van der Waals surface area (Å²) < 4.78 is 0. The summed E-state index contributed by atoms with van der Waals surface area (Å²) in [5.41, 5.74) is 0.892. The highest BCUT2D eigenvalue weighted by atomic mass is 35.5. The first-order valence-electron chi connectivity index (χ1n) is 6.54. The monoisotopic (exact) mass is 300 g/mol. The summed E-state index contributed by atoms with van der Waals surface area (Å²) >= 11 is 12.0. The lowest BCUT2D eigenvalue weighted by atomic mass is 9.98. The number of hydrogen-bond donors (Lipinski definition) is 2. The molecule has 5 heteroatoms. The first kappa shape index (κ1) is 14.6. The van der Waals surface area contributed by atoms with Crippen molar-refractivity contribution in [2.75, 3.05) is 13.1 Å². The summed E-state index contributed by atoms with van der Waals surface area (Å²) in [5, 5.41) is 7.45. The van der Waals surface area contributed by atoms with Crippen LogP contribution in [0.4, 0.5) is 0 Å². The second kappa shape index (κ2) is 6.60. The highest BCUT2D eigenvalue weighted by Crippen LogP contribution is 2.26. The van der Waals surface area contributed by atoms with E-state index < -0.39 is 0 Å². The molecular weight excluding hydrogens is 283 g/mol. The summed E-state index contributed by atoms with van der Waals surface area (Å²) in [5.74, 6) is 0.146. The van der Waals surface area contributed by atoms with Gasteiger partial charge in [0.2, 0.25) is 5.91 Å². The van der Waals surface area contributed by atoms with E-state index in [9.17, 15) is 4.79 Å². The van der Waals surface area contributed by atoms with Crippen LogP contribution in [0.2, 0.25) is 10.0 Å². The van der Waals surface area contributed by atoms with Crippen LogP contribution < -0.4 is 10.6 Å². The van der Waals surface area contributed by atoms with Crippen LogP contribution in [0.3, 0.4) is 0 Å². The molecule has 0 aliphatic carbocycles. The summed E-state index contributed by atoms with van der Waals surface area (Å²) in [4.78, 5) is 12.1. The molecule has 1 amide bonds. The molecule has 2 atom stereocenters. The van der Waals surface area contributed by atoms with Gasteiger partial charge in [-0.15, -0.1) is 0 Å². The van der Waals surface area contributed by atoms with E-state index in [4.69, 9.17) is 23.2 Å². The molecule has 1 aliphatic rings. The van der Waals surface area contributed by atoms with Crippen LogP contribution in [0.15, 0.2) is 18.2 Å². The third-order valence-electron chi connectivity index (χ3n) is 3.46. The zero-order chi connectivity index (χ0) is 13.8. The van der Waals surface area contributed by atoms with Crippen molar-refractivity contribution in [2.45, 2.75) is 25.8 Å². The van der Waals surface area contributed by atoms with Crippen LogP contribution in [0, 0.1) is 5.92 Å². The van der Waals surface area contributed by atoms with E-state index in [1.807, 2.05) is 13.0 Å². The fourth-order valence-electron chi connectivity index (χ4n) is 2.34. The molecular formula is C14H18Cl2N2O. The molecule has 1 saturated heterocycles. The molecule has 1 heterocycles. The Morgan fingerprint density at radius 2 is 2.26 bits per heavy atom. The molecule has 1 fully saturated rings. The highest BCUT2D eigenvalue weighted by Gasteiger charge is 2.22. The Kier molecular flexibility index (Phi) is 5.08. The topological polar surface area (TPSA) is 41.1 Å². The number of benzene rings is 1. The molecule has 104 valence electrons. The van der Waals surface area contributed by atoms with Crippen LogP contribution >= 0.6 is 23.2 Å². The molecule has 0 radical (unpaired) electrons. The van der Waals surface area contributed by atoms with E-state index >= 15 is 0 Å². The van der Waals surface area contributed by atoms with Gasteiger partial charge in [-0.1, -0.05) is 29.3 Å². The molecule has 1 aromatic carbocycles. The van der Waals surface area contributed by atoms with Crippen molar-refractivity contribution in [3.05, 3.63) is 33.8 Å². The van der Waals surface area contributed by atoms with Crippen molar-refractivity contribution in [3.63, 3.8) is 0 Å². The van der Waals surface area contributed by atoms with Crippen LogP contribution in [0.25, 0.3) is 0 Å². The Hall–Kier alpha value is -0.770. The maximum atomic E-state index is 12.1. The summed E-state index contributed by atoms with van der Waals surface area (Å²) in [6.07, 6.45) is 1.99. The zero-order valence-electron chi connectivity index (χ0n) is 10.9. The Labute approximate surface area is 123 Å². The smallest absolute Gasteiger partial charge is 0.224 e. The second-order valence-electron chi connectivity index (χ2n) is 4.94. The third-order valence-corrected chi connectivity index (χ3v) is 4.02. The van der Waals surface area contributed by atoms with Gasteiger partial charge in [0.25, 0.3) is 0 Å². The number of carbonyl (C=O) groups excluding carboxylic acids is 1. The summed E-state index contributed by atoms with van der Waals surface area (Å²) in [7, 11) is 0. The molecule has 19 heavy (non-hydrogen) atoms. The molecule has 2 rings (SSSR count). The number of rotatable bonds is 3. The molecule has 1 unspecified atom stereocenters. The van der Waals surface area contributed by atoms with Crippen molar-refractivity contribution in [1.82, 2.24) is 10.6 Å². The minimum Gasteiger partial charge on any atom is -0.349 e. The maximum absolute atomic E-state index is 12.1. The van der Waals surface area contributed by atoms with Gasteiger partial charge in [-0.2, -0.15) is 0 Å². The van der Waals surface area contributed by atoms with Crippen molar-refractivity contribution in [2.24, 2.45) is 5.92 Å². The van der Waals surface area contributed by atoms with E-state index in [1.54, 1.807) is 12.1 Å². The van der Waals surface area contributed by atoms with Gasteiger partial charge in [-0.25, -0.2) is 0 Å². The number of amides is 1. The van der Waals surface area contributed by atoms with Crippen LogP contribution in [-0.2, 0) is 4.79 Å². The first-order valence-corrected chi connectivity index (χ1v) is 7.29. The number of nitrogens with one attached hydrogen (secondary N) is 2. The normalized spacial score (nSPS) is 20.9. The molecule has 0 bridgehead atoms. The standard InChI is InChI=1S/C14H18Cl2N2O/c1-9(12-5-4-11(15)7-13(12)16)18-14(19)10-3-2-6-17-8-10/h4-5,7,9-10,17H,2-3,6,8H2,1H3,(H,18,19)/t9?,10-/m1/s1. The van der Waals surface area contributed by atoms with Crippen molar-refractivity contribution in [1.29, 1.82) is 0 Å². The average molecular weight is 301 g/mol. The lowest BCUT2D eigenvalue weighted by molar-refractivity contribution is -0.126. The fraction of sp³-hybridized carbons (Fsp3) is 0.500. The Balaban J connectivity index is 1.99. The van der Waals surface area contributed by atoms with E-state index in [0.29, 0.717) is 10.0 Å². The van der Waals surface area contributed by atoms with Gasteiger partial charge >= 0.3 is 0 Å². The van der Waals surface area contributed by atoms with E-state index in [0.717, 1.165) is 31.5 Å². The molecule has 0 aromatic heterocycles. The van der Waals surface area contributed by atoms with Crippen LogP contribution in [0.5, 0.6) is 0 Å². The lowest BCUT2D eigenvalue weighted by Crippen LogP contribution is -2.41. The fourth-order valence-corrected chi connectivity index (χ4v) is 2.91. The van der Waals surface area contributed by atoms with Gasteiger partial charge in [0.05, 0.1) is 12.0 Å². The average Bonchev–Trinajstić information content (AvgIpc) is 2.39. The van der Waals surface area contributed by atoms with Crippen LogP contribution in [0.1, 0.15) is 31.4 Å². The summed E-state index contributed by atoms with van der Waals surface area (Å²) in [6.45, 7) is 3.69. The SMILES string of the molecule is CC(NC(=O)[C@@H]1CCCNC1)c1ccc(Cl)cc1Cl. The third kappa shape index (κ3) is 3.85. The largest absolute Gasteiger partial charge is 0.349 e. The second-order valence-corrected chi connectivity index (χ2v) is 5.78. The lowest BCUT2D eigenvalue weighted by Gasteiger charge is -2.24. The molecule has 2 N–H and O–H groups in total. The highest BCUT2D eigenvalue weighted by molar-refractivity contribution is 6.35. The van der Waals surface area contributed by atoms with Gasteiger partial charge in [0.1, 0.15) is 0 Å². The molecule has 0 saturated carbocycles. The van der Waals surface area contributed by atoms with Gasteiger partial charge in [-0.3, -0.25) is 4.79 Å². The number of halogens is 2. The van der Waals surface area contributed by atoms with E-state index in [2.05, 4.69) is 10.6 Å². The minimum absolute atomic E-state index is 0.0577. The van der Waals surface area contributed by atoms with Gasteiger partial charge in [0.15, 0.2) is 0 Å². The molecule has 1 aromatic rings. The first-order chi connectivity index (χ1) is 9.08.